The Morgan fingerprint density at radius 1 is 1.15 bits per heavy atom. The summed E-state index contributed by atoms with van der Waals surface area (Å²) in [5.74, 6) is 1.99. The summed E-state index contributed by atoms with van der Waals surface area (Å²) < 4.78 is 13.2. The van der Waals surface area contributed by atoms with Crippen molar-refractivity contribution in [2.45, 2.75) is 38.0 Å². The molecule has 0 amide bonds. The molecule has 3 rings (SSSR count). The number of hydrogen-bond donors (Lipinski definition) is 1. The molecule has 0 bridgehead atoms. The predicted octanol–water partition coefficient (Wildman–Crippen LogP) is 6.50. The molecule has 0 aliphatic rings. The van der Waals surface area contributed by atoms with E-state index in [2.05, 4.69) is 16.5 Å². The molecule has 0 aliphatic carbocycles. The molecular formula is C20H23ClN2O2S. The number of nitrogens with zero attached hydrogens (tertiary/aromatic N) is 2. The van der Waals surface area contributed by atoms with Crippen molar-refractivity contribution in [1.82, 2.24) is 9.55 Å². The number of methoxy groups -OCH3 is 1. The van der Waals surface area contributed by atoms with Gasteiger partial charge in [0.25, 0.3) is 0 Å². The average Bonchev–Trinajstić information content (AvgIpc) is 3.07. The number of unbranched alkanes of at least 4 members (excludes halogenated alkanes) is 2. The van der Waals surface area contributed by atoms with Crippen molar-refractivity contribution in [3.05, 3.63) is 47.7 Å². The van der Waals surface area contributed by atoms with Crippen molar-refractivity contribution in [3.8, 4) is 17.2 Å². The second-order valence-electron chi connectivity index (χ2n) is 6.18. The highest BCUT2D eigenvalue weighted by Crippen LogP contribution is 2.34. The number of thiol groups is 1. The van der Waals surface area contributed by atoms with Crippen LogP contribution in [-0.2, 0) is 0 Å². The van der Waals surface area contributed by atoms with Crippen LogP contribution in [0.15, 0.2) is 42.7 Å². The molecule has 26 heavy (non-hydrogen) atoms. The lowest BCUT2D eigenvalue weighted by Crippen LogP contribution is -2.01. The number of halogens is 1. The van der Waals surface area contributed by atoms with Crippen molar-refractivity contribution in [3.63, 3.8) is 0 Å². The lowest BCUT2D eigenvalue weighted by atomic mass is 10.2. The van der Waals surface area contributed by atoms with Gasteiger partial charge in [-0.15, -0.1) is 0 Å². The molecular weight excluding hydrogens is 368 g/mol. The molecule has 0 radical (unpaired) electrons. The molecule has 2 aromatic carbocycles. The van der Waals surface area contributed by atoms with E-state index in [-0.39, 0.29) is 5.37 Å². The van der Waals surface area contributed by atoms with E-state index in [1.54, 1.807) is 19.2 Å². The SMILES string of the molecule is CCCCCC(S)n1cnc2ccc(Oc3ccc(OC)cc3Cl)cc21. The molecule has 0 saturated carbocycles. The molecule has 0 spiro atoms. The van der Waals surface area contributed by atoms with Gasteiger partial charge in [-0.1, -0.05) is 37.8 Å². The summed E-state index contributed by atoms with van der Waals surface area (Å²) in [5.41, 5.74) is 1.93. The summed E-state index contributed by atoms with van der Waals surface area (Å²) in [4.78, 5) is 4.47. The average molecular weight is 391 g/mol. The summed E-state index contributed by atoms with van der Waals surface area (Å²) in [6, 6.07) is 11.2. The topological polar surface area (TPSA) is 36.3 Å². The first kappa shape index (κ1) is 18.9. The highest BCUT2D eigenvalue weighted by Gasteiger charge is 2.12. The third kappa shape index (κ3) is 4.27. The number of imidazole rings is 1. The lowest BCUT2D eigenvalue weighted by Gasteiger charge is -2.14. The zero-order valence-corrected chi connectivity index (χ0v) is 16.6. The second-order valence-corrected chi connectivity index (χ2v) is 7.18. The molecule has 3 aromatic rings. The molecule has 0 saturated heterocycles. The molecule has 0 fully saturated rings. The van der Waals surface area contributed by atoms with E-state index in [0.29, 0.717) is 22.3 Å². The van der Waals surface area contributed by atoms with Crippen LogP contribution in [0.2, 0.25) is 5.02 Å². The van der Waals surface area contributed by atoms with Crippen LogP contribution in [0.5, 0.6) is 17.2 Å². The first-order chi connectivity index (χ1) is 12.6. The fourth-order valence-electron chi connectivity index (χ4n) is 2.84. The number of fused-ring (bicyclic) bond motifs is 1. The molecule has 6 heteroatoms. The third-order valence-corrected chi connectivity index (χ3v) is 5.10. The molecule has 1 unspecified atom stereocenters. The quantitative estimate of drug-likeness (QED) is 0.352. The van der Waals surface area contributed by atoms with Gasteiger partial charge in [0, 0.05) is 12.1 Å². The monoisotopic (exact) mass is 390 g/mol. The normalized spacial score (nSPS) is 12.3. The Morgan fingerprint density at radius 3 is 2.69 bits per heavy atom. The maximum Gasteiger partial charge on any atom is 0.146 e. The minimum atomic E-state index is 0.103. The largest absolute Gasteiger partial charge is 0.497 e. The van der Waals surface area contributed by atoms with Gasteiger partial charge in [0.2, 0.25) is 0 Å². The fraction of sp³-hybridized carbons (Fsp3) is 0.350. The number of hydrogen-bond acceptors (Lipinski definition) is 4. The Hall–Kier alpha value is -1.85. The smallest absolute Gasteiger partial charge is 0.146 e. The molecule has 1 aromatic heterocycles. The summed E-state index contributed by atoms with van der Waals surface area (Å²) in [6.45, 7) is 2.20. The lowest BCUT2D eigenvalue weighted by molar-refractivity contribution is 0.413. The Morgan fingerprint density at radius 2 is 1.96 bits per heavy atom. The fourth-order valence-corrected chi connectivity index (χ4v) is 3.42. The summed E-state index contributed by atoms with van der Waals surface area (Å²) in [5, 5.41) is 0.607. The van der Waals surface area contributed by atoms with Crippen LogP contribution in [-0.4, -0.2) is 16.7 Å². The van der Waals surface area contributed by atoms with Gasteiger partial charge in [-0.2, -0.15) is 12.6 Å². The van der Waals surface area contributed by atoms with E-state index in [1.165, 1.54) is 12.8 Å². The molecule has 138 valence electrons. The first-order valence-corrected chi connectivity index (χ1v) is 9.68. The standard InChI is InChI=1S/C20H23ClN2O2S/c1-3-4-5-6-20(26)23-13-22-17-9-7-15(12-18(17)23)25-19-10-8-14(24-2)11-16(19)21/h7-13,20,26H,3-6H2,1-2H3. The zero-order valence-electron chi connectivity index (χ0n) is 15.0. The molecule has 1 atom stereocenters. The van der Waals surface area contributed by atoms with Crippen LogP contribution in [0.3, 0.4) is 0 Å². The van der Waals surface area contributed by atoms with Crippen molar-refractivity contribution in [2.75, 3.05) is 7.11 Å². The van der Waals surface area contributed by atoms with Crippen molar-refractivity contribution < 1.29 is 9.47 Å². The van der Waals surface area contributed by atoms with Crippen molar-refractivity contribution in [2.24, 2.45) is 0 Å². The van der Waals surface area contributed by atoms with Crippen molar-refractivity contribution >= 4 is 35.3 Å². The van der Waals surface area contributed by atoms with Crippen LogP contribution in [0.4, 0.5) is 0 Å². The van der Waals surface area contributed by atoms with Gasteiger partial charge in [0.1, 0.15) is 17.2 Å². The second kappa shape index (κ2) is 8.69. The molecule has 1 heterocycles. The summed E-state index contributed by atoms with van der Waals surface area (Å²) >= 11 is 11.0. The highest BCUT2D eigenvalue weighted by atomic mass is 35.5. The van der Waals surface area contributed by atoms with Crippen LogP contribution >= 0.6 is 24.2 Å². The highest BCUT2D eigenvalue weighted by molar-refractivity contribution is 7.80. The third-order valence-electron chi connectivity index (χ3n) is 4.30. The van der Waals surface area contributed by atoms with Gasteiger partial charge in [-0.3, -0.25) is 0 Å². The molecule has 0 N–H and O–H groups in total. The van der Waals surface area contributed by atoms with Crippen LogP contribution in [0.25, 0.3) is 11.0 Å². The number of ether oxygens (including phenoxy) is 2. The predicted molar refractivity (Wildman–Crippen MR) is 110 cm³/mol. The molecule has 4 nitrogen and oxygen atoms in total. The van der Waals surface area contributed by atoms with Crippen LogP contribution in [0, 0.1) is 0 Å². The van der Waals surface area contributed by atoms with E-state index in [1.807, 2.05) is 30.6 Å². The maximum absolute atomic E-state index is 6.27. The zero-order chi connectivity index (χ0) is 18.5. The van der Waals surface area contributed by atoms with Gasteiger partial charge >= 0.3 is 0 Å². The Labute approximate surface area is 164 Å². The van der Waals surface area contributed by atoms with Gasteiger partial charge in [-0.05, 0) is 30.7 Å². The Bertz CT molecular complexity index is 881. The van der Waals surface area contributed by atoms with Gasteiger partial charge in [0.15, 0.2) is 0 Å². The minimum absolute atomic E-state index is 0.103. The van der Waals surface area contributed by atoms with E-state index in [0.717, 1.165) is 23.9 Å². The van der Waals surface area contributed by atoms with Gasteiger partial charge in [0.05, 0.1) is 34.9 Å². The number of rotatable bonds is 8. The minimum Gasteiger partial charge on any atom is -0.497 e. The Kier molecular flexibility index (Phi) is 6.33. The van der Waals surface area contributed by atoms with E-state index in [9.17, 15) is 0 Å². The van der Waals surface area contributed by atoms with E-state index >= 15 is 0 Å². The number of aromatic nitrogens is 2. The summed E-state index contributed by atoms with van der Waals surface area (Å²) in [6.07, 6.45) is 6.43. The van der Waals surface area contributed by atoms with Gasteiger partial charge in [-0.25, -0.2) is 4.98 Å². The Balaban J connectivity index is 1.83. The van der Waals surface area contributed by atoms with Gasteiger partial charge < -0.3 is 14.0 Å². The number of benzene rings is 2. The van der Waals surface area contributed by atoms with Crippen molar-refractivity contribution in [1.29, 1.82) is 0 Å². The molecule has 0 aliphatic heterocycles. The summed E-state index contributed by atoms with van der Waals surface area (Å²) in [7, 11) is 1.61. The van der Waals surface area contributed by atoms with E-state index in [4.69, 9.17) is 33.7 Å². The maximum atomic E-state index is 6.27. The van der Waals surface area contributed by atoms with Crippen LogP contribution < -0.4 is 9.47 Å². The van der Waals surface area contributed by atoms with Crippen LogP contribution in [0.1, 0.15) is 38.0 Å². The van der Waals surface area contributed by atoms with E-state index < -0.39 is 0 Å². The first-order valence-electron chi connectivity index (χ1n) is 8.78.